The standard InChI is InChI=1S/C31H31F3N4O4/c32-31(33,34)30(40)13-21(14-30)28(39)38(22-3-1-2-19(10-22)24-15-35-26(41-24)18-6-7-18)16-29-9-8-23(20(11-29)12-29)27-36-25(37-42-27)17-4-5-17/h1-3,10,15,17-18,21,40H,4-9,11-14,16H2/t21-,30+. The molecule has 0 saturated heterocycles. The Hall–Kier alpha value is -3.47. The lowest BCUT2D eigenvalue weighted by molar-refractivity contribution is -0.295. The van der Waals surface area contributed by atoms with Gasteiger partial charge >= 0.3 is 6.18 Å². The third kappa shape index (κ3) is 4.39. The first-order chi connectivity index (χ1) is 20.1. The number of alkyl halides is 3. The first-order valence-electron chi connectivity index (χ1n) is 14.8. The van der Waals surface area contributed by atoms with E-state index in [0.29, 0.717) is 41.6 Å². The number of hydrogen-bond acceptors (Lipinski definition) is 7. The van der Waals surface area contributed by atoms with Gasteiger partial charge in [0.2, 0.25) is 5.91 Å². The van der Waals surface area contributed by atoms with Gasteiger partial charge in [0.15, 0.2) is 23.1 Å². The molecule has 1 amide bonds. The lowest BCUT2D eigenvalue weighted by atomic mass is 9.57. The largest absolute Gasteiger partial charge is 0.440 e. The Balaban J connectivity index is 1.06. The number of aliphatic hydroxyl groups is 1. The molecule has 4 fully saturated rings. The van der Waals surface area contributed by atoms with E-state index in [1.807, 2.05) is 24.3 Å². The van der Waals surface area contributed by atoms with Gasteiger partial charge in [0.25, 0.3) is 5.89 Å². The van der Waals surface area contributed by atoms with Crippen LogP contribution < -0.4 is 4.90 Å². The number of aromatic nitrogens is 3. The number of benzene rings is 1. The SMILES string of the molecule is O=C([C@H]1C[C@](O)(C(F)(F)F)C1)N(CC12CCC(c3nc(C4CC4)no3)=C(C1)C2)c1cccc(-c2cnc(C3CC3)o2)c1. The molecule has 11 heteroatoms. The van der Waals surface area contributed by atoms with Crippen LogP contribution in [0.3, 0.4) is 0 Å². The third-order valence-corrected chi connectivity index (χ3v) is 9.85. The van der Waals surface area contributed by atoms with Crippen LogP contribution in [0.1, 0.15) is 93.6 Å². The maximum atomic E-state index is 13.8. The van der Waals surface area contributed by atoms with Crippen LogP contribution in [0.2, 0.25) is 0 Å². The average Bonchev–Trinajstić information content (AvgIpc) is 3.87. The van der Waals surface area contributed by atoms with Gasteiger partial charge in [0.05, 0.1) is 6.20 Å². The summed E-state index contributed by atoms with van der Waals surface area (Å²) in [5.41, 5.74) is 0.714. The number of hydrogen-bond donors (Lipinski definition) is 1. The van der Waals surface area contributed by atoms with E-state index in [-0.39, 0.29) is 11.3 Å². The molecule has 3 aromatic rings. The van der Waals surface area contributed by atoms with Crippen molar-refractivity contribution in [1.82, 2.24) is 15.1 Å². The summed E-state index contributed by atoms with van der Waals surface area (Å²) in [6.45, 7) is 0.383. The van der Waals surface area contributed by atoms with E-state index in [1.54, 1.807) is 11.1 Å². The number of nitrogens with zero attached hydrogens (tertiary/aromatic N) is 4. The highest BCUT2D eigenvalue weighted by molar-refractivity contribution is 5.96. The van der Waals surface area contributed by atoms with Gasteiger partial charge in [-0.3, -0.25) is 4.79 Å². The maximum Gasteiger partial charge on any atom is 0.417 e. The third-order valence-electron chi connectivity index (χ3n) is 9.85. The summed E-state index contributed by atoms with van der Waals surface area (Å²) < 4.78 is 51.8. The van der Waals surface area contributed by atoms with E-state index in [0.717, 1.165) is 68.3 Å². The van der Waals surface area contributed by atoms with Crippen molar-refractivity contribution in [3.8, 4) is 11.3 Å². The molecule has 2 heterocycles. The molecule has 0 spiro atoms. The minimum absolute atomic E-state index is 0.181. The molecule has 1 N–H and O–H groups in total. The molecular weight excluding hydrogens is 549 g/mol. The van der Waals surface area contributed by atoms with Gasteiger partial charge in [-0.1, -0.05) is 22.9 Å². The van der Waals surface area contributed by atoms with E-state index in [2.05, 4.69) is 15.1 Å². The van der Waals surface area contributed by atoms with Crippen molar-refractivity contribution in [1.29, 1.82) is 0 Å². The predicted molar refractivity (Wildman–Crippen MR) is 144 cm³/mol. The molecule has 2 bridgehead atoms. The summed E-state index contributed by atoms with van der Waals surface area (Å²) in [5.74, 6) is 2.15. The second kappa shape index (κ2) is 9.02. The molecule has 6 aliphatic carbocycles. The van der Waals surface area contributed by atoms with Crippen molar-refractivity contribution in [2.75, 3.05) is 11.4 Å². The zero-order valence-corrected chi connectivity index (χ0v) is 23.0. The fourth-order valence-electron chi connectivity index (χ4n) is 6.91. The van der Waals surface area contributed by atoms with Gasteiger partial charge in [-0.15, -0.1) is 0 Å². The predicted octanol–water partition coefficient (Wildman–Crippen LogP) is 6.54. The van der Waals surface area contributed by atoms with Gasteiger partial charge in [0.1, 0.15) is 0 Å². The topological polar surface area (TPSA) is 105 Å². The Labute approximate surface area is 240 Å². The van der Waals surface area contributed by atoms with E-state index in [4.69, 9.17) is 8.94 Å². The number of allylic oxidation sites excluding steroid dienone is 2. The molecule has 0 unspecified atom stereocenters. The number of carbonyl (C=O) groups is 1. The number of anilines is 1. The highest BCUT2D eigenvalue weighted by atomic mass is 19.4. The quantitative estimate of drug-likeness (QED) is 0.322. The second-order valence-electron chi connectivity index (χ2n) is 13.1. The summed E-state index contributed by atoms with van der Waals surface area (Å²) in [6.07, 6.45) is 3.09. The molecular formula is C31H31F3N4O4. The average molecular weight is 581 g/mol. The Morgan fingerprint density at radius 3 is 2.55 bits per heavy atom. The number of oxazole rings is 1. The molecule has 8 nitrogen and oxygen atoms in total. The maximum absolute atomic E-state index is 13.8. The highest BCUT2D eigenvalue weighted by Gasteiger charge is 2.63. The molecule has 2 aromatic heterocycles. The zero-order chi connectivity index (χ0) is 28.9. The first kappa shape index (κ1) is 26.2. The van der Waals surface area contributed by atoms with Crippen molar-refractivity contribution in [3.05, 3.63) is 53.6 Å². The van der Waals surface area contributed by atoms with Crippen molar-refractivity contribution < 1.29 is 32.0 Å². The molecule has 220 valence electrons. The Morgan fingerprint density at radius 1 is 1.12 bits per heavy atom. The number of halogens is 3. The van der Waals surface area contributed by atoms with Gasteiger partial charge < -0.3 is 18.9 Å². The van der Waals surface area contributed by atoms with Crippen molar-refractivity contribution in [2.45, 2.75) is 87.8 Å². The van der Waals surface area contributed by atoms with Crippen LogP contribution in [0.15, 0.2) is 45.0 Å². The minimum Gasteiger partial charge on any atom is -0.440 e. The minimum atomic E-state index is -4.76. The number of fused-ring (bicyclic) bond motifs is 2. The number of carbonyl (C=O) groups excluding carboxylic acids is 1. The number of amides is 1. The molecule has 0 atom stereocenters. The van der Waals surface area contributed by atoms with E-state index in [1.165, 1.54) is 5.57 Å². The summed E-state index contributed by atoms with van der Waals surface area (Å²) in [7, 11) is 0. The van der Waals surface area contributed by atoms with E-state index >= 15 is 0 Å². The molecule has 6 aliphatic rings. The van der Waals surface area contributed by atoms with Gasteiger partial charge in [-0.2, -0.15) is 18.2 Å². The van der Waals surface area contributed by atoms with Gasteiger partial charge in [0, 0.05) is 41.1 Å². The van der Waals surface area contributed by atoms with E-state index in [9.17, 15) is 23.1 Å². The molecule has 0 aliphatic heterocycles. The van der Waals surface area contributed by atoms with Crippen LogP contribution in [-0.2, 0) is 4.79 Å². The lowest BCUT2D eigenvalue weighted by Gasteiger charge is -2.52. The smallest absolute Gasteiger partial charge is 0.417 e. The van der Waals surface area contributed by atoms with Crippen LogP contribution in [0.4, 0.5) is 18.9 Å². The van der Waals surface area contributed by atoms with Crippen molar-refractivity contribution in [3.63, 3.8) is 0 Å². The van der Waals surface area contributed by atoms with Gasteiger partial charge in [-0.05, 0) is 81.8 Å². The zero-order valence-electron chi connectivity index (χ0n) is 23.0. The molecule has 42 heavy (non-hydrogen) atoms. The van der Waals surface area contributed by atoms with Gasteiger partial charge in [-0.25, -0.2) is 4.98 Å². The van der Waals surface area contributed by atoms with Crippen LogP contribution in [0.25, 0.3) is 16.9 Å². The lowest BCUT2D eigenvalue weighted by Crippen LogP contribution is -2.60. The molecule has 4 saturated carbocycles. The Bertz CT molecular complexity index is 1580. The summed E-state index contributed by atoms with van der Waals surface area (Å²) >= 11 is 0. The summed E-state index contributed by atoms with van der Waals surface area (Å²) in [5, 5.41) is 14.2. The molecule has 1 aromatic carbocycles. The molecule has 0 radical (unpaired) electrons. The molecule has 9 rings (SSSR count). The Kier molecular flexibility index (Phi) is 5.62. The Morgan fingerprint density at radius 2 is 1.88 bits per heavy atom. The highest BCUT2D eigenvalue weighted by Crippen LogP contribution is 2.58. The normalized spacial score (nSPS) is 26.5. The summed E-state index contributed by atoms with van der Waals surface area (Å²) in [4.78, 5) is 24.5. The fourth-order valence-corrected chi connectivity index (χ4v) is 6.91. The first-order valence-corrected chi connectivity index (χ1v) is 14.8. The second-order valence-corrected chi connectivity index (χ2v) is 13.1. The van der Waals surface area contributed by atoms with Crippen LogP contribution >= 0.6 is 0 Å². The van der Waals surface area contributed by atoms with Crippen LogP contribution in [-0.4, -0.2) is 44.5 Å². The van der Waals surface area contributed by atoms with Crippen molar-refractivity contribution in [2.24, 2.45) is 11.3 Å². The van der Waals surface area contributed by atoms with Crippen LogP contribution in [0.5, 0.6) is 0 Å². The van der Waals surface area contributed by atoms with Crippen LogP contribution in [0, 0.1) is 11.3 Å². The summed E-state index contributed by atoms with van der Waals surface area (Å²) in [6, 6.07) is 7.37. The van der Waals surface area contributed by atoms with Crippen molar-refractivity contribution >= 4 is 17.2 Å². The van der Waals surface area contributed by atoms with E-state index < -0.39 is 30.5 Å². The fraction of sp³-hybridized carbons (Fsp3) is 0.548. The monoisotopic (exact) mass is 580 g/mol. The number of rotatable bonds is 8.